The molecule has 0 amide bonds. The van der Waals surface area contributed by atoms with Crippen molar-refractivity contribution in [1.29, 1.82) is 0 Å². The minimum Gasteiger partial charge on any atom is -0.298 e. The van der Waals surface area contributed by atoms with E-state index in [1.807, 2.05) is 0 Å². The number of hydrogen-bond acceptors (Lipinski definition) is 1. The molecule has 0 saturated heterocycles. The standard InChI is InChI=1S/C12H18O/c1-10(2)7-8-11-5-3-4-6-12(11)9-13/h7-10H,3-6H2,1-2H3/b8-7+. The molecule has 0 aromatic heterocycles. The van der Waals surface area contributed by atoms with Gasteiger partial charge in [0.25, 0.3) is 0 Å². The van der Waals surface area contributed by atoms with Gasteiger partial charge in [0.05, 0.1) is 0 Å². The molecule has 0 atom stereocenters. The van der Waals surface area contributed by atoms with Crippen molar-refractivity contribution in [3.8, 4) is 0 Å². The molecule has 1 nitrogen and oxygen atoms in total. The number of allylic oxidation sites excluding steroid dienone is 4. The first-order chi connectivity index (χ1) is 6.24. The molecule has 0 aromatic carbocycles. The largest absolute Gasteiger partial charge is 0.298 e. The highest BCUT2D eigenvalue weighted by molar-refractivity contribution is 5.75. The summed E-state index contributed by atoms with van der Waals surface area (Å²) < 4.78 is 0. The Bertz CT molecular complexity index is 234. The van der Waals surface area contributed by atoms with Gasteiger partial charge >= 0.3 is 0 Å². The Labute approximate surface area is 80.5 Å². The third kappa shape index (κ3) is 3.17. The van der Waals surface area contributed by atoms with Gasteiger partial charge in [-0.05, 0) is 42.7 Å². The average molecular weight is 178 g/mol. The average Bonchev–Trinajstić information content (AvgIpc) is 2.15. The van der Waals surface area contributed by atoms with Crippen LogP contribution in [0.4, 0.5) is 0 Å². The topological polar surface area (TPSA) is 17.1 Å². The lowest BCUT2D eigenvalue weighted by atomic mass is 9.92. The van der Waals surface area contributed by atoms with Gasteiger partial charge in [-0.2, -0.15) is 0 Å². The van der Waals surface area contributed by atoms with Crippen LogP contribution in [0.15, 0.2) is 23.3 Å². The summed E-state index contributed by atoms with van der Waals surface area (Å²) >= 11 is 0. The Balaban J connectivity index is 2.73. The summed E-state index contributed by atoms with van der Waals surface area (Å²) in [7, 11) is 0. The molecule has 0 aromatic rings. The highest BCUT2D eigenvalue weighted by atomic mass is 16.1. The molecular weight excluding hydrogens is 160 g/mol. The Kier molecular flexibility index (Phi) is 3.94. The summed E-state index contributed by atoms with van der Waals surface area (Å²) in [6.07, 6.45) is 9.79. The van der Waals surface area contributed by atoms with E-state index in [0.29, 0.717) is 5.92 Å². The molecule has 13 heavy (non-hydrogen) atoms. The lowest BCUT2D eigenvalue weighted by molar-refractivity contribution is -0.105. The maximum absolute atomic E-state index is 10.7. The number of aldehydes is 1. The second kappa shape index (κ2) is 5.00. The van der Waals surface area contributed by atoms with Crippen LogP contribution in [0.25, 0.3) is 0 Å². The van der Waals surface area contributed by atoms with Gasteiger partial charge in [0.15, 0.2) is 0 Å². The molecule has 0 unspecified atom stereocenters. The third-order valence-corrected chi connectivity index (χ3v) is 2.38. The highest BCUT2D eigenvalue weighted by Crippen LogP contribution is 2.24. The Morgan fingerprint density at radius 2 is 1.77 bits per heavy atom. The third-order valence-electron chi connectivity index (χ3n) is 2.38. The smallest absolute Gasteiger partial charge is 0.146 e. The summed E-state index contributed by atoms with van der Waals surface area (Å²) in [5, 5.41) is 0. The van der Waals surface area contributed by atoms with Crippen LogP contribution in [0.1, 0.15) is 39.5 Å². The molecule has 0 radical (unpaired) electrons. The van der Waals surface area contributed by atoms with Crippen LogP contribution in [0.2, 0.25) is 0 Å². The minimum absolute atomic E-state index is 0.572. The van der Waals surface area contributed by atoms with Crippen LogP contribution in [-0.2, 0) is 4.79 Å². The van der Waals surface area contributed by atoms with Crippen molar-refractivity contribution in [3.05, 3.63) is 23.3 Å². The summed E-state index contributed by atoms with van der Waals surface area (Å²) in [5.41, 5.74) is 2.28. The fourth-order valence-corrected chi connectivity index (χ4v) is 1.59. The Hall–Kier alpha value is -0.850. The summed E-state index contributed by atoms with van der Waals surface area (Å²) in [5.74, 6) is 0.572. The molecule has 1 rings (SSSR count). The molecule has 1 heteroatoms. The molecule has 0 saturated carbocycles. The first-order valence-corrected chi connectivity index (χ1v) is 5.09. The molecule has 1 aliphatic rings. The van der Waals surface area contributed by atoms with E-state index in [1.165, 1.54) is 18.4 Å². The zero-order valence-electron chi connectivity index (χ0n) is 8.55. The molecule has 0 spiro atoms. The van der Waals surface area contributed by atoms with Crippen LogP contribution in [0, 0.1) is 5.92 Å². The molecule has 0 fully saturated rings. The van der Waals surface area contributed by atoms with E-state index in [0.717, 1.165) is 24.7 Å². The second-order valence-corrected chi connectivity index (χ2v) is 3.98. The van der Waals surface area contributed by atoms with Crippen molar-refractivity contribution < 1.29 is 4.79 Å². The zero-order valence-corrected chi connectivity index (χ0v) is 8.55. The van der Waals surface area contributed by atoms with Gasteiger partial charge in [-0.15, -0.1) is 0 Å². The SMILES string of the molecule is CC(C)/C=C/C1=C(C=O)CCCC1. The van der Waals surface area contributed by atoms with Crippen molar-refractivity contribution in [1.82, 2.24) is 0 Å². The molecular formula is C12H18O. The monoisotopic (exact) mass is 178 g/mol. The Morgan fingerprint density at radius 1 is 1.15 bits per heavy atom. The van der Waals surface area contributed by atoms with E-state index < -0.39 is 0 Å². The fraction of sp³-hybridized carbons (Fsp3) is 0.583. The minimum atomic E-state index is 0.572. The number of carbonyl (C=O) groups excluding carboxylic acids is 1. The number of hydrogen-bond donors (Lipinski definition) is 0. The molecule has 0 bridgehead atoms. The normalized spacial score (nSPS) is 18.7. The predicted molar refractivity (Wildman–Crippen MR) is 55.5 cm³/mol. The second-order valence-electron chi connectivity index (χ2n) is 3.98. The van der Waals surface area contributed by atoms with E-state index >= 15 is 0 Å². The van der Waals surface area contributed by atoms with E-state index in [-0.39, 0.29) is 0 Å². The Morgan fingerprint density at radius 3 is 2.31 bits per heavy atom. The van der Waals surface area contributed by atoms with Crippen LogP contribution in [0.5, 0.6) is 0 Å². The van der Waals surface area contributed by atoms with E-state index in [4.69, 9.17) is 0 Å². The van der Waals surface area contributed by atoms with Crippen molar-refractivity contribution in [2.24, 2.45) is 5.92 Å². The van der Waals surface area contributed by atoms with Crippen molar-refractivity contribution >= 4 is 6.29 Å². The molecule has 0 N–H and O–H groups in total. The molecule has 72 valence electrons. The quantitative estimate of drug-likeness (QED) is 0.606. The summed E-state index contributed by atoms with van der Waals surface area (Å²) in [6.45, 7) is 4.31. The fourth-order valence-electron chi connectivity index (χ4n) is 1.59. The first kappa shape index (κ1) is 10.2. The number of rotatable bonds is 3. The maximum Gasteiger partial charge on any atom is 0.146 e. The number of carbonyl (C=O) groups is 1. The predicted octanol–water partition coefficient (Wildman–Crippen LogP) is 3.27. The van der Waals surface area contributed by atoms with Gasteiger partial charge in [-0.25, -0.2) is 0 Å². The molecule has 0 aliphatic heterocycles. The first-order valence-electron chi connectivity index (χ1n) is 5.09. The van der Waals surface area contributed by atoms with Gasteiger partial charge in [-0.3, -0.25) is 4.79 Å². The van der Waals surface area contributed by atoms with Crippen LogP contribution in [-0.4, -0.2) is 6.29 Å². The van der Waals surface area contributed by atoms with Gasteiger partial charge < -0.3 is 0 Å². The van der Waals surface area contributed by atoms with Crippen LogP contribution in [0.3, 0.4) is 0 Å². The van der Waals surface area contributed by atoms with Gasteiger partial charge in [0.1, 0.15) is 6.29 Å². The van der Waals surface area contributed by atoms with Crippen molar-refractivity contribution in [3.63, 3.8) is 0 Å². The van der Waals surface area contributed by atoms with Crippen LogP contribution < -0.4 is 0 Å². The summed E-state index contributed by atoms with van der Waals surface area (Å²) in [6, 6.07) is 0. The molecule has 0 heterocycles. The lowest BCUT2D eigenvalue weighted by Crippen LogP contribution is -1.99. The van der Waals surface area contributed by atoms with Gasteiger partial charge in [0.2, 0.25) is 0 Å². The van der Waals surface area contributed by atoms with E-state index in [1.54, 1.807) is 0 Å². The van der Waals surface area contributed by atoms with Gasteiger partial charge in [-0.1, -0.05) is 26.0 Å². The van der Waals surface area contributed by atoms with Gasteiger partial charge in [0, 0.05) is 0 Å². The highest BCUT2D eigenvalue weighted by Gasteiger charge is 2.09. The molecule has 1 aliphatic carbocycles. The maximum atomic E-state index is 10.7. The van der Waals surface area contributed by atoms with E-state index in [2.05, 4.69) is 26.0 Å². The zero-order chi connectivity index (χ0) is 9.68. The van der Waals surface area contributed by atoms with Crippen molar-refractivity contribution in [2.75, 3.05) is 0 Å². The van der Waals surface area contributed by atoms with Crippen LogP contribution >= 0.6 is 0 Å². The van der Waals surface area contributed by atoms with Crippen molar-refractivity contribution in [2.45, 2.75) is 39.5 Å². The van der Waals surface area contributed by atoms with E-state index in [9.17, 15) is 4.79 Å². The lowest BCUT2D eigenvalue weighted by Gasteiger charge is -2.13. The summed E-state index contributed by atoms with van der Waals surface area (Å²) in [4.78, 5) is 10.7.